The molecular formula is C17H30ClN3. The first kappa shape index (κ1) is 18.2. The quantitative estimate of drug-likeness (QED) is 0.656. The number of anilines is 1. The van der Waals surface area contributed by atoms with E-state index >= 15 is 0 Å². The zero-order valence-electron chi connectivity index (χ0n) is 14.0. The summed E-state index contributed by atoms with van der Waals surface area (Å²) in [5, 5.41) is 7.54. The lowest BCUT2D eigenvalue weighted by Crippen LogP contribution is -2.25. The Morgan fingerprint density at radius 1 is 1.14 bits per heavy atom. The van der Waals surface area contributed by atoms with Crippen LogP contribution in [0.3, 0.4) is 0 Å². The monoisotopic (exact) mass is 311 g/mol. The molecule has 3 nitrogen and oxygen atoms in total. The smallest absolute Gasteiger partial charge is 0.126 e. The topological polar surface area (TPSA) is 37.0 Å². The highest BCUT2D eigenvalue weighted by Crippen LogP contribution is 2.22. The summed E-state index contributed by atoms with van der Waals surface area (Å²) in [5.41, 5.74) is 0.917. The summed E-state index contributed by atoms with van der Waals surface area (Å²) in [5.74, 6) is 2.88. The third-order valence-corrected chi connectivity index (χ3v) is 4.21. The van der Waals surface area contributed by atoms with Crippen LogP contribution < -0.4 is 10.6 Å². The van der Waals surface area contributed by atoms with Gasteiger partial charge in [-0.3, -0.25) is 0 Å². The van der Waals surface area contributed by atoms with Crippen LogP contribution in [0.2, 0.25) is 5.02 Å². The van der Waals surface area contributed by atoms with Gasteiger partial charge in [-0.25, -0.2) is 4.98 Å². The molecule has 0 bridgehead atoms. The van der Waals surface area contributed by atoms with Gasteiger partial charge in [-0.15, -0.1) is 0 Å². The average Bonchev–Trinajstić information content (AvgIpc) is 2.41. The van der Waals surface area contributed by atoms with Gasteiger partial charge in [0.1, 0.15) is 5.82 Å². The lowest BCUT2D eigenvalue weighted by molar-refractivity contribution is 0.304. The lowest BCUT2D eigenvalue weighted by atomic mass is 9.85. The number of aromatic nitrogens is 1. The molecule has 0 spiro atoms. The number of nitrogens with one attached hydrogen (secondary N) is 2. The minimum absolute atomic E-state index is 0.643. The van der Waals surface area contributed by atoms with E-state index in [0.29, 0.717) is 17.8 Å². The van der Waals surface area contributed by atoms with Crippen LogP contribution in [-0.4, -0.2) is 18.1 Å². The number of hydrogen-bond acceptors (Lipinski definition) is 3. The second-order valence-electron chi connectivity index (χ2n) is 6.33. The number of hydrogen-bond donors (Lipinski definition) is 2. The van der Waals surface area contributed by atoms with Crippen molar-refractivity contribution in [2.75, 3.05) is 18.4 Å². The molecule has 0 fully saturated rings. The number of rotatable bonds is 9. The molecule has 1 rings (SSSR count). The zero-order chi connectivity index (χ0) is 15.8. The van der Waals surface area contributed by atoms with Crippen molar-refractivity contribution in [1.29, 1.82) is 0 Å². The summed E-state index contributed by atoms with van der Waals surface area (Å²) in [6.45, 7) is 13.9. The fourth-order valence-corrected chi connectivity index (χ4v) is 2.73. The van der Waals surface area contributed by atoms with Crippen molar-refractivity contribution in [2.24, 2.45) is 17.8 Å². The van der Waals surface area contributed by atoms with Gasteiger partial charge >= 0.3 is 0 Å². The Kier molecular flexibility index (Phi) is 8.05. The molecule has 0 radical (unpaired) electrons. The zero-order valence-corrected chi connectivity index (χ0v) is 14.8. The van der Waals surface area contributed by atoms with Crippen LogP contribution in [0.1, 0.15) is 46.7 Å². The van der Waals surface area contributed by atoms with Crippen molar-refractivity contribution in [3.63, 3.8) is 0 Å². The van der Waals surface area contributed by atoms with Crippen LogP contribution in [0.15, 0.2) is 12.1 Å². The fraction of sp³-hybridized carbons (Fsp3) is 0.706. The first-order valence-electron chi connectivity index (χ1n) is 8.05. The average molecular weight is 312 g/mol. The van der Waals surface area contributed by atoms with Crippen LogP contribution in [0, 0.1) is 17.8 Å². The van der Waals surface area contributed by atoms with Gasteiger partial charge in [0.2, 0.25) is 0 Å². The third kappa shape index (κ3) is 6.23. The number of pyridine rings is 1. The van der Waals surface area contributed by atoms with Crippen LogP contribution in [-0.2, 0) is 6.54 Å². The van der Waals surface area contributed by atoms with E-state index in [2.05, 4.69) is 50.2 Å². The van der Waals surface area contributed by atoms with E-state index in [1.165, 1.54) is 0 Å². The number of nitrogens with zero attached hydrogens (tertiary/aromatic N) is 1. The predicted molar refractivity (Wildman–Crippen MR) is 92.9 cm³/mol. The van der Waals surface area contributed by atoms with Gasteiger partial charge in [-0.1, -0.05) is 46.2 Å². The molecule has 0 aliphatic heterocycles. The van der Waals surface area contributed by atoms with Crippen molar-refractivity contribution in [2.45, 2.75) is 47.6 Å². The minimum atomic E-state index is 0.643. The van der Waals surface area contributed by atoms with E-state index in [4.69, 9.17) is 11.6 Å². The molecule has 1 aromatic heterocycles. The van der Waals surface area contributed by atoms with Crippen molar-refractivity contribution in [3.8, 4) is 0 Å². The largest absolute Gasteiger partial charge is 0.370 e. The molecule has 21 heavy (non-hydrogen) atoms. The van der Waals surface area contributed by atoms with Crippen LogP contribution in [0.4, 0.5) is 5.82 Å². The van der Waals surface area contributed by atoms with Crippen LogP contribution in [0.25, 0.3) is 0 Å². The second-order valence-corrected chi connectivity index (χ2v) is 6.74. The van der Waals surface area contributed by atoms with Crippen LogP contribution in [0.5, 0.6) is 0 Å². The molecule has 4 heteroatoms. The third-order valence-electron chi connectivity index (χ3n) is 3.87. The van der Waals surface area contributed by atoms with E-state index in [1.54, 1.807) is 0 Å². The highest BCUT2D eigenvalue weighted by molar-refractivity contribution is 6.31. The standard InChI is InChI=1S/C17H30ClN3/c1-6-9-19-11-16-15(18)7-8-17(21-16)20-10-14(12(2)3)13(4)5/h7-8,12-14,19H,6,9-11H2,1-5H3,(H,20,21). The molecular weight excluding hydrogens is 282 g/mol. The summed E-state index contributed by atoms with van der Waals surface area (Å²) < 4.78 is 0. The van der Waals surface area contributed by atoms with Crippen molar-refractivity contribution >= 4 is 17.4 Å². The Labute approximate surface area is 134 Å². The molecule has 120 valence electrons. The van der Waals surface area contributed by atoms with Gasteiger partial charge in [-0.05, 0) is 42.9 Å². The fourth-order valence-electron chi connectivity index (χ4n) is 2.55. The maximum Gasteiger partial charge on any atom is 0.126 e. The van der Waals surface area contributed by atoms with Crippen molar-refractivity contribution in [1.82, 2.24) is 10.3 Å². The molecule has 0 amide bonds. The van der Waals surface area contributed by atoms with Gasteiger partial charge in [0, 0.05) is 13.1 Å². The summed E-state index contributed by atoms with van der Waals surface area (Å²) >= 11 is 6.21. The summed E-state index contributed by atoms with van der Waals surface area (Å²) in [6.07, 6.45) is 1.11. The molecule has 1 heterocycles. The summed E-state index contributed by atoms with van der Waals surface area (Å²) in [6, 6.07) is 3.89. The Morgan fingerprint density at radius 2 is 1.81 bits per heavy atom. The number of halogens is 1. The van der Waals surface area contributed by atoms with Crippen molar-refractivity contribution < 1.29 is 0 Å². The Hall–Kier alpha value is -0.800. The molecule has 0 saturated carbocycles. The van der Waals surface area contributed by atoms with Crippen LogP contribution >= 0.6 is 11.6 Å². The van der Waals surface area contributed by atoms with E-state index in [0.717, 1.165) is 42.6 Å². The van der Waals surface area contributed by atoms with E-state index in [1.807, 2.05) is 12.1 Å². The van der Waals surface area contributed by atoms with Gasteiger partial charge in [0.15, 0.2) is 0 Å². The molecule has 0 saturated heterocycles. The van der Waals surface area contributed by atoms with Gasteiger partial charge in [0.05, 0.1) is 10.7 Å². The highest BCUT2D eigenvalue weighted by Gasteiger charge is 2.17. The molecule has 0 aliphatic rings. The molecule has 0 aromatic carbocycles. The second kappa shape index (κ2) is 9.26. The molecule has 2 N–H and O–H groups in total. The molecule has 0 unspecified atom stereocenters. The first-order chi connectivity index (χ1) is 9.95. The molecule has 0 aliphatic carbocycles. The predicted octanol–water partition coefficient (Wildman–Crippen LogP) is 4.57. The maximum atomic E-state index is 6.21. The van der Waals surface area contributed by atoms with E-state index < -0.39 is 0 Å². The minimum Gasteiger partial charge on any atom is -0.370 e. The highest BCUT2D eigenvalue weighted by atomic mass is 35.5. The van der Waals surface area contributed by atoms with Gasteiger partial charge in [0.25, 0.3) is 0 Å². The Balaban J connectivity index is 2.64. The molecule has 0 atom stereocenters. The van der Waals surface area contributed by atoms with Gasteiger partial charge < -0.3 is 10.6 Å². The van der Waals surface area contributed by atoms with Gasteiger partial charge in [-0.2, -0.15) is 0 Å². The maximum absolute atomic E-state index is 6.21. The SMILES string of the molecule is CCCNCc1nc(NCC(C(C)C)C(C)C)ccc1Cl. The normalized spacial score (nSPS) is 11.7. The van der Waals surface area contributed by atoms with Crippen molar-refractivity contribution in [3.05, 3.63) is 22.8 Å². The Bertz CT molecular complexity index is 410. The van der Waals surface area contributed by atoms with E-state index in [9.17, 15) is 0 Å². The molecule has 1 aromatic rings. The lowest BCUT2D eigenvalue weighted by Gasteiger charge is -2.25. The summed E-state index contributed by atoms with van der Waals surface area (Å²) in [7, 11) is 0. The van der Waals surface area contributed by atoms with E-state index in [-0.39, 0.29) is 0 Å². The first-order valence-corrected chi connectivity index (χ1v) is 8.43. The summed E-state index contributed by atoms with van der Waals surface area (Å²) in [4.78, 5) is 4.63. The Morgan fingerprint density at radius 3 is 2.38 bits per heavy atom.